The van der Waals surface area contributed by atoms with Gasteiger partial charge in [0, 0.05) is 48.8 Å². The smallest absolute Gasteiger partial charge is 0.416 e. The van der Waals surface area contributed by atoms with Gasteiger partial charge in [0.05, 0.1) is 29.7 Å². The number of unbranched alkanes of at least 4 members (excludes halogenated alkanes) is 2. The standard InChI is InChI=1S/C56H62FN3O10/c1-5-31-67-56-51(59(35-39-19-14-18-37-15-6-8-20-44(37)39)54(63)68-42-25-23-41(24-26-42)60(64)65)34-49(58-70-55(2,3)4)46-32-38(16-10-12-29-61)45(21-11-13-30-62)52(53(46)56)47-33-43(27-28-50(47)69-56)66-36-40-17-7-9-22-48(40)57/h5-9,14-15,17-20,22-28,32-33,38,45,51-53,61-62H,1,10-13,16,21,29-31,34-36H2,2-4H3. The molecule has 1 heterocycles. The number of hydrogen-bond donors (Lipinski definition) is 2. The third-order valence-electron chi connectivity index (χ3n) is 13.5. The summed E-state index contributed by atoms with van der Waals surface area (Å²) >= 11 is 0. The second kappa shape index (κ2) is 22.0. The molecule has 1 amide bonds. The average Bonchev–Trinajstić information content (AvgIpc) is 3.35. The third kappa shape index (κ3) is 10.9. The quantitative estimate of drug-likeness (QED) is 0.0332. The Balaban J connectivity index is 1.36. The molecule has 5 aromatic rings. The second-order valence-corrected chi connectivity index (χ2v) is 19.2. The predicted octanol–water partition coefficient (Wildman–Crippen LogP) is 11.6. The number of fused-ring (bicyclic) bond motifs is 3. The number of allylic oxidation sites excluding steroid dienone is 1. The molecular formula is C56H62FN3O10. The van der Waals surface area contributed by atoms with Gasteiger partial charge in [-0.2, -0.15) is 0 Å². The van der Waals surface area contributed by atoms with Gasteiger partial charge in [-0.25, -0.2) is 9.18 Å². The van der Waals surface area contributed by atoms with Crippen molar-refractivity contribution in [3.05, 3.63) is 166 Å². The van der Waals surface area contributed by atoms with Crippen molar-refractivity contribution in [2.75, 3.05) is 19.8 Å². The minimum Gasteiger partial charge on any atom is -0.489 e. The fourth-order valence-corrected chi connectivity index (χ4v) is 10.4. The molecule has 1 fully saturated rings. The maximum atomic E-state index is 15.3. The summed E-state index contributed by atoms with van der Waals surface area (Å²) in [6.07, 6.45) is 7.41. The number of aliphatic hydroxyl groups excluding tert-OH is 2. The first kappa shape index (κ1) is 49.8. The van der Waals surface area contributed by atoms with Gasteiger partial charge in [-0.05, 0) is 117 Å². The summed E-state index contributed by atoms with van der Waals surface area (Å²) in [4.78, 5) is 34.4. The lowest BCUT2D eigenvalue weighted by molar-refractivity contribution is -0.384. The zero-order valence-electron chi connectivity index (χ0n) is 40.0. The maximum absolute atomic E-state index is 15.3. The van der Waals surface area contributed by atoms with Gasteiger partial charge in [0.25, 0.3) is 5.69 Å². The molecule has 0 saturated heterocycles. The molecule has 0 spiro atoms. The van der Waals surface area contributed by atoms with E-state index >= 15 is 4.79 Å². The highest BCUT2D eigenvalue weighted by molar-refractivity contribution is 6.03. The molecule has 6 atom stereocenters. The van der Waals surface area contributed by atoms with Crippen molar-refractivity contribution >= 4 is 28.3 Å². The zero-order chi connectivity index (χ0) is 49.4. The molecule has 0 radical (unpaired) electrons. The average molecular weight is 956 g/mol. The van der Waals surface area contributed by atoms with E-state index in [0.717, 1.165) is 46.7 Å². The minimum absolute atomic E-state index is 0.00924. The first-order chi connectivity index (χ1) is 33.8. The van der Waals surface area contributed by atoms with E-state index in [1.807, 2.05) is 75.4 Å². The summed E-state index contributed by atoms with van der Waals surface area (Å²) < 4.78 is 42.1. The summed E-state index contributed by atoms with van der Waals surface area (Å²) in [5, 5.41) is 38.5. The summed E-state index contributed by atoms with van der Waals surface area (Å²) in [7, 11) is 0. The Morgan fingerprint density at radius 1 is 0.929 bits per heavy atom. The van der Waals surface area contributed by atoms with Crippen molar-refractivity contribution in [2.24, 2.45) is 22.9 Å². The number of nitrogens with zero attached hydrogens (tertiary/aromatic N) is 3. The number of carbonyl (C=O) groups is 1. The molecule has 70 heavy (non-hydrogen) atoms. The lowest BCUT2D eigenvalue weighted by Crippen LogP contribution is -2.70. The summed E-state index contributed by atoms with van der Waals surface area (Å²) in [5.74, 6) is -1.98. The van der Waals surface area contributed by atoms with Crippen LogP contribution in [0.1, 0.15) is 88.3 Å². The Morgan fingerprint density at radius 2 is 1.63 bits per heavy atom. The molecule has 1 saturated carbocycles. The van der Waals surface area contributed by atoms with Gasteiger partial charge in [0.15, 0.2) is 0 Å². The normalized spacial score (nSPS) is 22.0. The Kier molecular flexibility index (Phi) is 15.6. The van der Waals surface area contributed by atoms with Crippen LogP contribution in [0.15, 0.2) is 139 Å². The highest BCUT2D eigenvalue weighted by Crippen LogP contribution is 2.62. The van der Waals surface area contributed by atoms with E-state index in [-0.39, 0.29) is 74.4 Å². The topological polar surface area (TPSA) is 162 Å². The number of nitro benzene ring substituents is 1. The van der Waals surface area contributed by atoms with Crippen LogP contribution in [0.4, 0.5) is 14.9 Å². The van der Waals surface area contributed by atoms with Crippen LogP contribution in [0, 0.1) is 33.7 Å². The van der Waals surface area contributed by atoms with E-state index in [9.17, 15) is 24.7 Å². The van der Waals surface area contributed by atoms with Gasteiger partial charge in [0.2, 0.25) is 5.79 Å². The molecule has 13 nitrogen and oxygen atoms in total. The molecule has 14 heteroatoms. The van der Waals surface area contributed by atoms with E-state index in [2.05, 4.69) is 12.7 Å². The van der Waals surface area contributed by atoms with Crippen LogP contribution in [-0.2, 0) is 22.7 Å². The highest BCUT2D eigenvalue weighted by Gasteiger charge is 2.66. The Morgan fingerprint density at radius 3 is 2.36 bits per heavy atom. The van der Waals surface area contributed by atoms with Gasteiger partial charge < -0.3 is 34.0 Å². The molecule has 6 unspecified atom stereocenters. The molecule has 0 aromatic heterocycles. The summed E-state index contributed by atoms with van der Waals surface area (Å²) in [6.45, 7) is 9.94. The number of rotatable bonds is 20. The van der Waals surface area contributed by atoms with Gasteiger partial charge in [-0.3, -0.25) is 15.0 Å². The first-order valence-electron chi connectivity index (χ1n) is 24.2. The molecule has 5 aromatic carbocycles. The minimum atomic E-state index is -1.63. The molecule has 2 aliphatic carbocycles. The number of aliphatic hydroxyl groups is 2. The number of hydrogen-bond acceptors (Lipinski definition) is 11. The first-order valence-corrected chi connectivity index (χ1v) is 24.2. The monoisotopic (exact) mass is 955 g/mol. The van der Waals surface area contributed by atoms with Crippen molar-refractivity contribution in [3.8, 4) is 17.2 Å². The van der Waals surface area contributed by atoms with Gasteiger partial charge in [0.1, 0.15) is 41.3 Å². The SMILES string of the molecule is C=CCOC12Oc3ccc(OCc4ccccc4F)cc3C3C(CCCCO)C(CCCCO)C=C(C(=NOC(C)(C)C)CC1N(Cc1cccc4ccccc14)C(=O)Oc1ccc([N+](=O)[O-])cc1)C32. The lowest BCUT2D eigenvalue weighted by Gasteiger charge is -2.60. The number of ether oxygens (including phenoxy) is 4. The number of nitro groups is 1. The number of halogens is 1. The second-order valence-electron chi connectivity index (χ2n) is 19.2. The van der Waals surface area contributed by atoms with Crippen molar-refractivity contribution in [3.63, 3.8) is 0 Å². The number of benzene rings is 5. The molecule has 368 valence electrons. The molecule has 3 aliphatic rings. The van der Waals surface area contributed by atoms with Gasteiger partial charge in [-0.1, -0.05) is 90.8 Å². The summed E-state index contributed by atoms with van der Waals surface area (Å²) in [5.41, 5.74) is 2.66. The van der Waals surface area contributed by atoms with Crippen LogP contribution in [0.2, 0.25) is 0 Å². The van der Waals surface area contributed by atoms with E-state index in [4.69, 9.17) is 28.9 Å². The maximum Gasteiger partial charge on any atom is 0.416 e. The van der Waals surface area contributed by atoms with E-state index in [0.29, 0.717) is 42.0 Å². The summed E-state index contributed by atoms with van der Waals surface area (Å²) in [6, 6.07) is 30.3. The number of non-ortho nitro benzene ring substituents is 1. The Labute approximate surface area is 408 Å². The van der Waals surface area contributed by atoms with E-state index < -0.39 is 34.4 Å². The van der Waals surface area contributed by atoms with E-state index in [1.165, 1.54) is 30.3 Å². The Bertz CT molecular complexity index is 2710. The van der Waals surface area contributed by atoms with Crippen molar-refractivity contribution in [1.29, 1.82) is 0 Å². The third-order valence-corrected chi connectivity index (χ3v) is 13.5. The van der Waals surface area contributed by atoms with Crippen LogP contribution in [0.25, 0.3) is 10.8 Å². The zero-order valence-corrected chi connectivity index (χ0v) is 40.0. The van der Waals surface area contributed by atoms with Crippen LogP contribution >= 0.6 is 0 Å². The van der Waals surface area contributed by atoms with Crippen LogP contribution in [-0.4, -0.2) is 69.1 Å². The van der Waals surface area contributed by atoms with E-state index in [1.54, 1.807) is 35.2 Å². The van der Waals surface area contributed by atoms with Gasteiger partial charge in [-0.15, -0.1) is 6.58 Å². The van der Waals surface area contributed by atoms with Crippen molar-refractivity contribution in [1.82, 2.24) is 4.90 Å². The number of amides is 1. The van der Waals surface area contributed by atoms with Crippen LogP contribution < -0.4 is 14.2 Å². The lowest BCUT2D eigenvalue weighted by atomic mass is 9.55. The molecule has 1 aliphatic heterocycles. The molecule has 2 N–H and O–H groups in total. The fourth-order valence-electron chi connectivity index (χ4n) is 10.4. The largest absolute Gasteiger partial charge is 0.489 e. The van der Waals surface area contributed by atoms with Crippen molar-refractivity contribution in [2.45, 2.75) is 102 Å². The number of oxime groups is 1. The molecule has 8 rings (SSSR count). The van der Waals surface area contributed by atoms with Gasteiger partial charge >= 0.3 is 6.09 Å². The fraction of sp³-hybridized carbons (Fsp3) is 0.393. The van der Waals surface area contributed by atoms with Crippen LogP contribution in [0.5, 0.6) is 17.2 Å². The van der Waals surface area contributed by atoms with Crippen LogP contribution in [0.3, 0.4) is 0 Å². The molecular weight excluding hydrogens is 894 g/mol. The predicted molar refractivity (Wildman–Crippen MR) is 265 cm³/mol. The number of carbonyl (C=O) groups excluding carboxylic acids is 1. The highest BCUT2D eigenvalue weighted by atomic mass is 19.1. The molecule has 0 bridgehead atoms. The Hall–Kier alpha value is -6.61. The van der Waals surface area contributed by atoms with Crippen molar-refractivity contribution < 1.29 is 48.1 Å².